The topological polar surface area (TPSA) is 67.1 Å². The predicted molar refractivity (Wildman–Crippen MR) is 55.9 cm³/mol. The maximum atomic E-state index is 8.44. The largest absolute Gasteiger partial charge is 0.784 e. The minimum Gasteiger partial charge on any atom is -0.784 e. The van der Waals surface area contributed by atoms with E-state index in [2.05, 4.69) is 42.1 Å². The van der Waals surface area contributed by atoms with Gasteiger partial charge < -0.3 is 9.11 Å². The average Bonchev–Trinajstić information content (AvgIpc) is 2.19. The van der Waals surface area contributed by atoms with Crippen molar-refractivity contribution in [1.82, 2.24) is 0 Å². The Bertz CT molecular complexity index is 263. The van der Waals surface area contributed by atoms with Crippen molar-refractivity contribution in [2.24, 2.45) is 0 Å². The molecule has 0 bridgehead atoms. The van der Waals surface area contributed by atoms with Crippen molar-refractivity contribution in [3.63, 3.8) is 0 Å². The molecule has 0 aliphatic carbocycles. The fraction of sp³-hybridized carbons (Fsp3) is 0.500. The molecular formula is C10H16NO3S-. The first kappa shape index (κ1) is 14.2. The molecule has 0 spiro atoms. The second-order valence-electron chi connectivity index (χ2n) is 3.02. The van der Waals surface area contributed by atoms with Gasteiger partial charge in [-0.3, -0.25) is 4.21 Å². The van der Waals surface area contributed by atoms with Gasteiger partial charge in [-0.1, -0.05) is 19.4 Å². The first-order valence-corrected chi connectivity index (χ1v) is 5.87. The average molecular weight is 230 g/mol. The number of hydrogen-bond acceptors (Lipinski definition) is 3. The van der Waals surface area contributed by atoms with Gasteiger partial charge in [-0.05, 0) is 6.42 Å². The molecule has 15 heavy (non-hydrogen) atoms. The number of rotatable bonds is 4. The van der Waals surface area contributed by atoms with Crippen LogP contribution in [0.4, 0.5) is 0 Å². The zero-order valence-corrected chi connectivity index (χ0v) is 9.61. The maximum absolute atomic E-state index is 8.44. The Morgan fingerprint density at radius 3 is 2.13 bits per heavy atom. The highest BCUT2D eigenvalue weighted by Gasteiger charge is 1.94. The van der Waals surface area contributed by atoms with Crippen molar-refractivity contribution in [3.05, 3.63) is 30.6 Å². The Hall–Kier alpha value is -0.780. The molecule has 0 aliphatic rings. The van der Waals surface area contributed by atoms with Gasteiger partial charge >= 0.3 is 0 Å². The van der Waals surface area contributed by atoms with Gasteiger partial charge in [0, 0.05) is 18.6 Å². The van der Waals surface area contributed by atoms with Crippen LogP contribution in [0.15, 0.2) is 30.6 Å². The number of hydrogen-bond donors (Lipinski definition) is 0. The van der Waals surface area contributed by atoms with E-state index in [1.165, 1.54) is 19.3 Å². The Balaban J connectivity index is 0.000000423. The molecule has 5 heteroatoms. The van der Waals surface area contributed by atoms with E-state index in [0.717, 1.165) is 6.54 Å². The SMILES string of the molecule is CCCCC[n+]1ccccc1.O=S([O-])[O-]. The van der Waals surface area contributed by atoms with Crippen LogP contribution in [-0.2, 0) is 17.9 Å². The van der Waals surface area contributed by atoms with Gasteiger partial charge in [0.05, 0.1) is 0 Å². The standard InChI is InChI=1S/C10H16N.H2O3S/c1-2-3-5-8-11-9-6-4-7-10-11;1-4(2)3/h4,6-7,9-10H,2-3,5,8H2,1H3;(H2,1,2,3)/q+1;/p-2. The van der Waals surface area contributed by atoms with Gasteiger partial charge in [0.15, 0.2) is 12.4 Å². The molecule has 0 unspecified atom stereocenters. The van der Waals surface area contributed by atoms with Crippen molar-refractivity contribution in [1.29, 1.82) is 0 Å². The van der Waals surface area contributed by atoms with E-state index in [9.17, 15) is 0 Å². The molecule has 4 nitrogen and oxygen atoms in total. The first-order valence-electron chi connectivity index (χ1n) is 4.87. The summed E-state index contributed by atoms with van der Waals surface area (Å²) in [6, 6.07) is 6.20. The van der Waals surface area contributed by atoms with Crippen LogP contribution >= 0.6 is 0 Å². The lowest BCUT2D eigenvalue weighted by Crippen LogP contribution is -2.31. The van der Waals surface area contributed by atoms with Crippen LogP contribution in [0.1, 0.15) is 26.2 Å². The third kappa shape index (κ3) is 11.1. The second kappa shape index (κ2) is 9.76. The van der Waals surface area contributed by atoms with Gasteiger partial charge in [-0.25, -0.2) is 4.57 Å². The zero-order valence-electron chi connectivity index (χ0n) is 8.80. The molecule has 0 fully saturated rings. The van der Waals surface area contributed by atoms with Crippen molar-refractivity contribution >= 4 is 11.4 Å². The van der Waals surface area contributed by atoms with Gasteiger partial charge in [0.1, 0.15) is 6.54 Å². The van der Waals surface area contributed by atoms with Gasteiger partial charge in [-0.2, -0.15) is 0 Å². The lowest BCUT2D eigenvalue weighted by molar-refractivity contribution is -0.697. The van der Waals surface area contributed by atoms with E-state index in [1.54, 1.807) is 0 Å². The second-order valence-corrected chi connectivity index (χ2v) is 3.43. The van der Waals surface area contributed by atoms with E-state index >= 15 is 0 Å². The molecule has 0 N–H and O–H groups in total. The summed E-state index contributed by atoms with van der Waals surface area (Å²) in [7, 11) is 0. The Kier molecular flexibility index (Phi) is 9.26. The molecule has 1 heterocycles. The molecule has 0 saturated heterocycles. The molecule has 1 aromatic rings. The van der Waals surface area contributed by atoms with Crippen LogP contribution in [0.3, 0.4) is 0 Å². The van der Waals surface area contributed by atoms with Gasteiger partial charge in [0.2, 0.25) is 0 Å². The zero-order chi connectivity index (χ0) is 11.5. The van der Waals surface area contributed by atoms with E-state index in [-0.39, 0.29) is 0 Å². The van der Waals surface area contributed by atoms with Crippen LogP contribution in [0.5, 0.6) is 0 Å². The summed E-state index contributed by atoms with van der Waals surface area (Å²) in [5, 5.41) is 0. The highest BCUT2D eigenvalue weighted by Crippen LogP contribution is 1.92. The summed E-state index contributed by atoms with van der Waals surface area (Å²) in [4.78, 5) is 0. The van der Waals surface area contributed by atoms with Crippen LogP contribution in [-0.4, -0.2) is 13.3 Å². The Morgan fingerprint density at radius 2 is 1.67 bits per heavy atom. The van der Waals surface area contributed by atoms with E-state index in [0.29, 0.717) is 0 Å². The third-order valence-corrected chi connectivity index (χ3v) is 1.80. The molecule has 0 radical (unpaired) electrons. The molecule has 0 atom stereocenters. The van der Waals surface area contributed by atoms with Crippen molar-refractivity contribution in [2.75, 3.05) is 0 Å². The number of unbranched alkanes of at least 4 members (excludes halogenated alkanes) is 2. The van der Waals surface area contributed by atoms with Gasteiger partial charge in [-0.15, -0.1) is 11.4 Å². The molecule has 0 aromatic carbocycles. The quantitative estimate of drug-likeness (QED) is 0.443. The molecule has 1 aromatic heterocycles. The summed E-state index contributed by atoms with van der Waals surface area (Å²) >= 11 is -3.11. The van der Waals surface area contributed by atoms with E-state index < -0.39 is 11.4 Å². The minimum absolute atomic E-state index is 1.16. The number of aromatic nitrogens is 1. The molecule has 0 aliphatic heterocycles. The van der Waals surface area contributed by atoms with Crippen molar-refractivity contribution in [2.45, 2.75) is 32.7 Å². The highest BCUT2D eigenvalue weighted by molar-refractivity contribution is 7.72. The molecule has 0 saturated carbocycles. The van der Waals surface area contributed by atoms with Crippen LogP contribution in [0.25, 0.3) is 0 Å². The number of nitrogens with zero attached hydrogens (tertiary/aromatic N) is 1. The van der Waals surface area contributed by atoms with E-state index in [1.807, 2.05) is 0 Å². The highest BCUT2D eigenvalue weighted by atomic mass is 32.2. The molecular weight excluding hydrogens is 214 g/mol. The summed E-state index contributed by atoms with van der Waals surface area (Å²) in [6.45, 7) is 3.39. The fourth-order valence-electron chi connectivity index (χ4n) is 1.13. The summed E-state index contributed by atoms with van der Waals surface area (Å²) < 4.78 is 27.6. The third-order valence-electron chi connectivity index (χ3n) is 1.80. The first-order chi connectivity index (χ1) is 7.16. The van der Waals surface area contributed by atoms with Crippen molar-refractivity contribution < 1.29 is 17.9 Å². The molecule has 86 valence electrons. The lowest BCUT2D eigenvalue weighted by Gasteiger charge is -2.03. The summed E-state index contributed by atoms with van der Waals surface area (Å²) in [5.74, 6) is 0. The Morgan fingerprint density at radius 1 is 1.13 bits per heavy atom. The summed E-state index contributed by atoms with van der Waals surface area (Å²) in [6.07, 6.45) is 8.17. The van der Waals surface area contributed by atoms with Crippen LogP contribution < -0.4 is 4.57 Å². The van der Waals surface area contributed by atoms with E-state index in [4.69, 9.17) is 13.3 Å². The molecule has 1 rings (SSSR count). The smallest absolute Gasteiger partial charge is 0.168 e. The normalized spacial score (nSPS) is 9.60. The fourth-order valence-corrected chi connectivity index (χ4v) is 1.13. The number of pyridine rings is 1. The summed E-state index contributed by atoms with van der Waals surface area (Å²) in [5.41, 5.74) is 0. The monoisotopic (exact) mass is 230 g/mol. The predicted octanol–water partition coefficient (Wildman–Crippen LogP) is 1.16. The minimum atomic E-state index is -3.11. The lowest BCUT2D eigenvalue weighted by atomic mass is 10.2. The van der Waals surface area contributed by atoms with Gasteiger partial charge in [0.25, 0.3) is 0 Å². The Labute approximate surface area is 93.1 Å². The van der Waals surface area contributed by atoms with Crippen LogP contribution in [0, 0.1) is 0 Å². The maximum Gasteiger partial charge on any atom is 0.168 e. The van der Waals surface area contributed by atoms with Crippen molar-refractivity contribution in [3.8, 4) is 0 Å². The van der Waals surface area contributed by atoms with Crippen LogP contribution in [0.2, 0.25) is 0 Å². The molecule has 0 amide bonds. The number of aryl methyl sites for hydroxylation is 1.